The average Bonchev–Trinajstić information content (AvgIpc) is 3.25. The van der Waals surface area contributed by atoms with Gasteiger partial charge < -0.3 is 15.5 Å². The maximum Gasteiger partial charge on any atom is 0.315 e. The van der Waals surface area contributed by atoms with Gasteiger partial charge >= 0.3 is 6.03 Å². The summed E-state index contributed by atoms with van der Waals surface area (Å²) in [7, 11) is 0. The fraction of sp³-hybridized carbons (Fsp3) is 0.615. The van der Waals surface area contributed by atoms with Crippen LogP contribution in [0.1, 0.15) is 25.7 Å². The van der Waals surface area contributed by atoms with Gasteiger partial charge in [-0.2, -0.15) is 5.10 Å². The van der Waals surface area contributed by atoms with Crippen LogP contribution in [0.15, 0.2) is 18.3 Å². The molecule has 1 aliphatic heterocycles. The molecular formula is C13H19N5O. The fourth-order valence-corrected chi connectivity index (χ4v) is 2.86. The highest BCUT2D eigenvalue weighted by atomic mass is 16.2. The number of hydrogen-bond donors (Lipinski definition) is 1. The van der Waals surface area contributed by atoms with E-state index in [0.717, 1.165) is 44.6 Å². The molecule has 2 fully saturated rings. The molecule has 2 N–H and O–H groups in total. The van der Waals surface area contributed by atoms with Crippen LogP contribution in [-0.2, 0) is 0 Å². The van der Waals surface area contributed by atoms with Gasteiger partial charge in [-0.05, 0) is 37.8 Å². The van der Waals surface area contributed by atoms with Crippen LogP contribution in [0.25, 0.3) is 0 Å². The summed E-state index contributed by atoms with van der Waals surface area (Å²) in [5.74, 6) is 0.882. The van der Waals surface area contributed by atoms with Crippen molar-refractivity contribution in [2.45, 2.75) is 37.8 Å². The zero-order chi connectivity index (χ0) is 13.2. The van der Waals surface area contributed by atoms with Gasteiger partial charge in [0.05, 0.1) is 6.04 Å². The van der Waals surface area contributed by atoms with Crippen LogP contribution in [0.4, 0.5) is 10.6 Å². The highest BCUT2D eigenvalue weighted by Gasteiger charge is 2.38. The number of anilines is 1. The second kappa shape index (κ2) is 5.03. The summed E-state index contributed by atoms with van der Waals surface area (Å²) >= 11 is 0. The number of rotatable bonds is 3. The lowest BCUT2D eigenvalue weighted by atomic mass is 10.0. The molecule has 2 aliphatic rings. The van der Waals surface area contributed by atoms with Crippen molar-refractivity contribution in [3.8, 4) is 0 Å². The first kappa shape index (κ1) is 12.2. The summed E-state index contributed by atoms with van der Waals surface area (Å²) in [5, 5.41) is 8.06. The fourth-order valence-electron chi connectivity index (χ4n) is 2.86. The largest absolute Gasteiger partial charge is 0.353 e. The van der Waals surface area contributed by atoms with Crippen LogP contribution in [0.5, 0.6) is 0 Å². The number of carbonyl (C=O) groups is 1. The molecule has 1 atom stereocenters. The number of hydrogen-bond acceptors (Lipinski definition) is 4. The Hall–Kier alpha value is -1.85. The molecule has 0 unspecified atom stereocenters. The molecule has 0 aromatic carbocycles. The van der Waals surface area contributed by atoms with E-state index < -0.39 is 0 Å². The number of carbonyl (C=O) groups excluding carboxylic acids is 1. The van der Waals surface area contributed by atoms with Gasteiger partial charge in [0.15, 0.2) is 5.82 Å². The number of nitrogens with zero attached hydrogens (tertiary/aromatic N) is 4. The Labute approximate surface area is 112 Å². The van der Waals surface area contributed by atoms with Gasteiger partial charge in [0.2, 0.25) is 0 Å². The van der Waals surface area contributed by atoms with Crippen molar-refractivity contribution in [1.82, 2.24) is 15.1 Å². The molecule has 0 bridgehead atoms. The van der Waals surface area contributed by atoms with E-state index >= 15 is 0 Å². The summed E-state index contributed by atoms with van der Waals surface area (Å²) in [6, 6.07) is 4.14. The van der Waals surface area contributed by atoms with E-state index in [0.29, 0.717) is 6.04 Å². The molecule has 2 amide bonds. The quantitative estimate of drug-likeness (QED) is 0.880. The van der Waals surface area contributed by atoms with Crippen molar-refractivity contribution in [2.75, 3.05) is 18.0 Å². The van der Waals surface area contributed by atoms with Crippen LogP contribution in [0, 0.1) is 0 Å². The first-order valence-corrected chi connectivity index (χ1v) is 6.86. The van der Waals surface area contributed by atoms with Crippen molar-refractivity contribution in [3.05, 3.63) is 18.3 Å². The molecule has 102 valence electrons. The summed E-state index contributed by atoms with van der Waals surface area (Å²) in [6.07, 6.45) is 5.92. The molecule has 19 heavy (non-hydrogen) atoms. The van der Waals surface area contributed by atoms with E-state index in [1.165, 1.54) is 0 Å². The van der Waals surface area contributed by atoms with Crippen molar-refractivity contribution < 1.29 is 4.79 Å². The third-order valence-corrected chi connectivity index (χ3v) is 3.87. The van der Waals surface area contributed by atoms with Crippen molar-refractivity contribution in [3.63, 3.8) is 0 Å². The number of primary amides is 1. The molecule has 0 radical (unpaired) electrons. The number of piperidine rings is 1. The molecule has 6 nitrogen and oxygen atoms in total. The SMILES string of the molecule is NC(=O)N(C1CC1)[C@@H]1CCCN(c2cccnn2)C1. The minimum atomic E-state index is -0.284. The van der Waals surface area contributed by atoms with Crippen LogP contribution in [0.2, 0.25) is 0 Å². The Morgan fingerprint density at radius 1 is 1.37 bits per heavy atom. The van der Waals surface area contributed by atoms with Gasteiger partial charge in [0.25, 0.3) is 0 Å². The molecule has 1 saturated carbocycles. The molecular weight excluding hydrogens is 242 g/mol. The van der Waals surface area contributed by atoms with E-state index in [-0.39, 0.29) is 12.1 Å². The summed E-state index contributed by atoms with van der Waals surface area (Å²) in [4.78, 5) is 15.7. The van der Waals surface area contributed by atoms with Crippen LogP contribution < -0.4 is 10.6 Å². The van der Waals surface area contributed by atoms with Gasteiger partial charge in [-0.25, -0.2) is 4.79 Å². The molecule has 6 heteroatoms. The minimum Gasteiger partial charge on any atom is -0.353 e. The van der Waals surface area contributed by atoms with Crippen LogP contribution in [-0.4, -0.2) is 46.3 Å². The smallest absolute Gasteiger partial charge is 0.315 e. The van der Waals surface area contributed by atoms with E-state index in [9.17, 15) is 4.79 Å². The topological polar surface area (TPSA) is 75.4 Å². The maximum absolute atomic E-state index is 11.6. The first-order chi connectivity index (χ1) is 9.25. The zero-order valence-electron chi connectivity index (χ0n) is 10.9. The number of amides is 2. The maximum atomic E-state index is 11.6. The van der Waals surface area contributed by atoms with Gasteiger partial charge in [-0.3, -0.25) is 0 Å². The predicted molar refractivity (Wildman–Crippen MR) is 71.7 cm³/mol. The van der Waals surface area contributed by atoms with Crippen LogP contribution in [0.3, 0.4) is 0 Å². The first-order valence-electron chi connectivity index (χ1n) is 6.86. The lowest BCUT2D eigenvalue weighted by Gasteiger charge is -2.39. The zero-order valence-corrected chi connectivity index (χ0v) is 10.9. The number of urea groups is 1. The second-order valence-corrected chi connectivity index (χ2v) is 5.30. The van der Waals surface area contributed by atoms with Gasteiger partial charge in [-0.15, -0.1) is 5.10 Å². The molecule has 2 heterocycles. The third-order valence-electron chi connectivity index (χ3n) is 3.87. The standard InChI is InChI=1S/C13H19N5O/c14-13(19)18(10-5-6-10)11-3-2-8-17(9-11)12-4-1-7-15-16-12/h1,4,7,10-11H,2-3,5-6,8-9H2,(H2,14,19)/t11-/m1/s1. The molecule has 1 aliphatic carbocycles. The predicted octanol–water partition coefficient (Wildman–Crippen LogP) is 0.989. The highest BCUT2D eigenvalue weighted by molar-refractivity contribution is 5.73. The molecule has 1 saturated heterocycles. The molecule has 1 aromatic rings. The lowest BCUT2D eigenvalue weighted by molar-refractivity contribution is 0.169. The van der Waals surface area contributed by atoms with E-state index in [4.69, 9.17) is 5.73 Å². The molecule has 3 rings (SSSR count). The Kier molecular flexibility index (Phi) is 3.23. The lowest BCUT2D eigenvalue weighted by Crippen LogP contribution is -2.53. The summed E-state index contributed by atoms with van der Waals surface area (Å²) < 4.78 is 0. The normalized spacial score (nSPS) is 23.2. The van der Waals surface area contributed by atoms with Crippen molar-refractivity contribution >= 4 is 11.8 Å². The Morgan fingerprint density at radius 2 is 2.21 bits per heavy atom. The second-order valence-electron chi connectivity index (χ2n) is 5.30. The van der Waals surface area contributed by atoms with Crippen LogP contribution >= 0.6 is 0 Å². The van der Waals surface area contributed by atoms with E-state index in [1.54, 1.807) is 6.20 Å². The number of aromatic nitrogens is 2. The van der Waals surface area contributed by atoms with Crippen molar-refractivity contribution in [1.29, 1.82) is 0 Å². The summed E-state index contributed by atoms with van der Waals surface area (Å²) in [5.41, 5.74) is 5.53. The van der Waals surface area contributed by atoms with Gasteiger partial charge in [-0.1, -0.05) is 0 Å². The number of nitrogens with two attached hydrogens (primary N) is 1. The van der Waals surface area contributed by atoms with E-state index in [1.807, 2.05) is 17.0 Å². The Balaban J connectivity index is 1.72. The minimum absolute atomic E-state index is 0.209. The third kappa shape index (κ3) is 2.62. The average molecular weight is 261 g/mol. The van der Waals surface area contributed by atoms with E-state index in [2.05, 4.69) is 15.1 Å². The van der Waals surface area contributed by atoms with Crippen molar-refractivity contribution in [2.24, 2.45) is 5.73 Å². The Bertz CT molecular complexity index is 448. The Morgan fingerprint density at radius 3 is 2.84 bits per heavy atom. The highest BCUT2D eigenvalue weighted by Crippen LogP contribution is 2.31. The van der Waals surface area contributed by atoms with Gasteiger partial charge in [0, 0.05) is 25.3 Å². The van der Waals surface area contributed by atoms with Gasteiger partial charge in [0.1, 0.15) is 0 Å². The molecule has 1 aromatic heterocycles. The molecule has 0 spiro atoms. The monoisotopic (exact) mass is 261 g/mol. The summed E-state index contributed by atoms with van der Waals surface area (Å²) in [6.45, 7) is 1.77.